The predicted octanol–water partition coefficient (Wildman–Crippen LogP) is 2.89. The number of hydrogen-bond donors (Lipinski definition) is 2. The van der Waals surface area contributed by atoms with Gasteiger partial charge in [0, 0.05) is 16.2 Å². The number of aryl methyl sites for hydroxylation is 1. The zero-order chi connectivity index (χ0) is 11.4. The van der Waals surface area contributed by atoms with E-state index in [1.807, 2.05) is 39.0 Å². The van der Waals surface area contributed by atoms with E-state index in [2.05, 4.69) is 26.2 Å². The third-order valence-corrected chi connectivity index (χ3v) is 2.17. The fourth-order valence-electron chi connectivity index (χ4n) is 1.27. The summed E-state index contributed by atoms with van der Waals surface area (Å²) in [7, 11) is 0. The van der Waals surface area contributed by atoms with Crippen LogP contribution in [0.2, 0.25) is 0 Å². The van der Waals surface area contributed by atoms with E-state index in [4.69, 9.17) is 5.73 Å². The molecule has 3 N–H and O–H groups in total. The molecule has 0 atom stereocenters. The van der Waals surface area contributed by atoms with Crippen molar-refractivity contribution in [3.63, 3.8) is 0 Å². The zero-order valence-corrected chi connectivity index (χ0v) is 10.8. The van der Waals surface area contributed by atoms with Gasteiger partial charge in [-0.25, -0.2) is 0 Å². The van der Waals surface area contributed by atoms with E-state index < -0.39 is 0 Å². The van der Waals surface area contributed by atoms with Crippen LogP contribution in [0.3, 0.4) is 0 Å². The van der Waals surface area contributed by atoms with Gasteiger partial charge in [-0.3, -0.25) is 4.99 Å². The Bertz CT molecular complexity index is 352. The highest BCUT2D eigenvalue weighted by molar-refractivity contribution is 9.10. The molecule has 0 radical (unpaired) electrons. The highest BCUT2D eigenvalue weighted by Gasteiger charge is 1.98. The van der Waals surface area contributed by atoms with Gasteiger partial charge in [0.1, 0.15) is 0 Å². The number of nitrogens with zero attached hydrogens (tertiary/aromatic N) is 1. The molecular formula is C11H16BrN3. The second-order valence-electron chi connectivity index (χ2n) is 3.75. The van der Waals surface area contributed by atoms with Crippen LogP contribution in [0.5, 0.6) is 0 Å². The smallest absolute Gasteiger partial charge is 0.193 e. The highest BCUT2D eigenvalue weighted by atomic mass is 79.9. The molecule has 0 amide bonds. The average molecular weight is 270 g/mol. The van der Waals surface area contributed by atoms with E-state index in [1.165, 1.54) is 5.56 Å². The number of nitrogens with one attached hydrogen (secondary N) is 1. The molecule has 1 aromatic carbocycles. The third-order valence-electron chi connectivity index (χ3n) is 1.71. The van der Waals surface area contributed by atoms with Crippen molar-refractivity contribution in [3.05, 3.63) is 28.2 Å². The molecule has 0 bridgehead atoms. The predicted molar refractivity (Wildman–Crippen MR) is 69.3 cm³/mol. The first kappa shape index (κ1) is 12.0. The van der Waals surface area contributed by atoms with Crippen LogP contribution in [-0.2, 0) is 0 Å². The lowest BCUT2D eigenvalue weighted by Crippen LogP contribution is -2.23. The number of guanidine groups is 1. The number of nitrogens with two attached hydrogens (primary N) is 1. The van der Waals surface area contributed by atoms with E-state index in [9.17, 15) is 0 Å². The Morgan fingerprint density at radius 1 is 1.40 bits per heavy atom. The Labute approximate surface area is 98.9 Å². The van der Waals surface area contributed by atoms with Crippen LogP contribution >= 0.6 is 15.9 Å². The van der Waals surface area contributed by atoms with Crippen molar-refractivity contribution in [1.29, 1.82) is 0 Å². The topological polar surface area (TPSA) is 50.4 Å². The highest BCUT2D eigenvalue weighted by Crippen LogP contribution is 2.18. The second-order valence-corrected chi connectivity index (χ2v) is 4.67. The summed E-state index contributed by atoms with van der Waals surface area (Å²) in [5.74, 6) is 0.447. The summed E-state index contributed by atoms with van der Waals surface area (Å²) in [6.07, 6.45) is 0. The van der Waals surface area contributed by atoms with Crippen LogP contribution < -0.4 is 11.1 Å². The fourth-order valence-corrected chi connectivity index (χ4v) is 1.87. The summed E-state index contributed by atoms with van der Waals surface area (Å²) in [6, 6.07) is 6.23. The molecule has 1 rings (SSSR count). The Morgan fingerprint density at radius 2 is 2.07 bits per heavy atom. The second kappa shape index (κ2) is 5.16. The molecule has 1 aromatic rings. The molecule has 3 nitrogen and oxygen atoms in total. The summed E-state index contributed by atoms with van der Waals surface area (Å²) in [6.45, 7) is 6.01. The maximum absolute atomic E-state index is 5.73. The SMILES string of the molecule is Cc1cc(Br)cc(NC(N)=NC(C)C)c1. The maximum Gasteiger partial charge on any atom is 0.193 e. The Balaban J connectivity index is 2.81. The van der Waals surface area contributed by atoms with E-state index in [-0.39, 0.29) is 6.04 Å². The molecule has 0 saturated heterocycles. The van der Waals surface area contributed by atoms with Gasteiger partial charge in [-0.15, -0.1) is 0 Å². The normalized spacial score (nSPS) is 11.9. The quantitative estimate of drug-likeness (QED) is 0.641. The molecule has 0 spiro atoms. The zero-order valence-electron chi connectivity index (χ0n) is 9.21. The van der Waals surface area contributed by atoms with Crippen LogP contribution in [0.1, 0.15) is 19.4 Å². The van der Waals surface area contributed by atoms with Crippen molar-refractivity contribution in [2.75, 3.05) is 5.32 Å². The van der Waals surface area contributed by atoms with Crippen molar-refractivity contribution < 1.29 is 0 Å². The molecular weight excluding hydrogens is 254 g/mol. The van der Waals surface area contributed by atoms with Crippen LogP contribution in [0.15, 0.2) is 27.7 Å². The lowest BCUT2D eigenvalue weighted by Gasteiger charge is -2.08. The molecule has 0 aromatic heterocycles. The number of hydrogen-bond acceptors (Lipinski definition) is 1. The van der Waals surface area contributed by atoms with E-state index in [0.29, 0.717) is 5.96 Å². The summed E-state index contributed by atoms with van der Waals surface area (Å²) < 4.78 is 1.03. The van der Waals surface area contributed by atoms with Gasteiger partial charge in [0.05, 0.1) is 0 Å². The standard InChI is InChI=1S/C11H16BrN3/c1-7(2)14-11(13)15-10-5-8(3)4-9(12)6-10/h4-7H,1-3H3,(H3,13,14,15). The number of benzene rings is 1. The van der Waals surface area contributed by atoms with Crippen LogP contribution in [0, 0.1) is 6.92 Å². The first-order valence-corrected chi connectivity index (χ1v) is 5.64. The van der Waals surface area contributed by atoms with Gasteiger partial charge < -0.3 is 11.1 Å². The molecule has 15 heavy (non-hydrogen) atoms. The van der Waals surface area contributed by atoms with Gasteiger partial charge in [0.2, 0.25) is 0 Å². The molecule has 0 fully saturated rings. The van der Waals surface area contributed by atoms with Crippen molar-refractivity contribution in [1.82, 2.24) is 0 Å². The summed E-state index contributed by atoms with van der Waals surface area (Å²) >= 11 is 3.43. The van der Waals surface area contributed by atoms with Crippen molar-refractivity contribution in [3.8, 4) is 0 Å². The van der Waals surface area contributed by atoms with Gasteiger partial charge in [-0.1, -0.05) is 15.9 Å². The summed E-state index contributed by atoms with van der Waals surface area (Å²) in [5.41, 5.74) is 7.85. The molecule has 0 saturated carbocycles. The molecule has 0 heterocycles. The van der Waals surface area contributed by atoms with E-state index >= 15 is 0 Å². The summed E-state index contributed by atoms with van der Waals surface area (Å²) in [4.78, 5) is 4.20. The molecule has 0 aliphatic rings. The average Bonchev–Trinajstić information content (AvgIpc) is 1.98. The molecule has 82 valence electrons. The van der Waals surface area contributed by atoms with E-state index in [0.717, 1.165) is 10.2 Å². The third kappa shape index (κ3) is 4.34. The monoisotopic (exact) mass is 269 g/mol. The maximum atomic E-state index is 5.73. The molecule has 4 heteroatoms. The largest absolute Gasteiger partial charge is 0.370 e. The van der Waals surface area contributed by atoms with Gasteiger partial charge in [-0.05, 0) is 44.5 Å². The van der Waals surface area contributed by atoms with Crippen molar-refractivity contribution in [2.45, 2.75) is 26.8 Å². The lowest BCUT2D eigenvalue weighted by atomic mass is 10.2. The fraction of sp³-hybridized carbons (Fsp3) is 0.364. The van der Waals surface area contributed by atoms with Crippen molar-refractivity contribution in [2.24, 2.45) is 10.7 Å². The summed E-state index contributed by atoms with van der Waals surface area (Å²) in [5, 5.41) is 3.05. The van der Waals surface area contributed by atoms with Crippen molar-refractivity contribution >= 4 is 27.6 Å². The molecule has 0 unspecified atom stereocenters. The van der Waals surface area contributed by atoms with Crippen LogP contribution in [-0.4, -0.2) is 12.0 Å². The van der Waals surface area contributed by atoms with Gasteiger partial charge in [0.15, 0.2) is 5.96 Å². The Hall–Kier alpha value is -1.03. The van der Waals surface area contributed by atoms with Gasteiger partial charge >= 0.3 is 0 Å². The number of anilines is 1. The van der Waals surface area contributed by atoms with Gasteiger partial charge in [-0.2, -0.15) is 0 Å². The Morgan fingerprint density at radius 3 is 2.60 bits per heavy atom. The van der Waals surface area contributed by atoms with Gasteiger partial charge in [0.25, 0.3) is 0 Å². The van der Waals surface area contributed by atoms with Crippen LogP contribution in [0.4, 0.5) is 5.69 Å². The number of rotatable bonds is 2. The number of aliphatic imine (C=N–C) groups is 1. The van der Waals surface area contributed by atoms with E-state index in [1.54, 1.807) is 0 Å². The molecule has 0 aliphatic heterocycles. The minimum absolute atomic E-state index is 0.200. The molecule has 0 aliphatic carbocycles. The van der Waals surface area contributed by atoms with Crippen LogP contribution in [0.25, 0.3) is 0 Å². The minimum Gasteiger partial charge on any atom is -0.370 e. The minimum atomic E-state index is 0.200. The Kier molecular flexibility index (Phi) is 4.15. The number of halogens is 1. The first-order valence-electron chi connectivity index (χ1n) is 4.85. The lowest BCUT2D eigenvalue weighted by molar-refractivity contribution is 0.833. The first-order chi connectivity index (χ1) is 6.97.